The van der Waals surface area contributed by atoms with Gasteiger partial charge in [0.15, 0.2) is 0 Å². The molecule has 7 heteroatoms. The summed E-state index contributed by atoms with van der Waals surface area (Å²) in [4.78, 5) is 38.4. The van der Waals surface area contributed by atoms with Gasteiger partial charge in [-0.05, 0) is 49.9 Å². The van der Waals surface area contributed by atoms with Crippen molar-refractivity contribution in [3.05, 3.63) is 29.8 Å². The Balaban J connectivity index is 1.48. The summed E-state index contributed by atoms with van der Waals surface area (Å²) in [6.45, 7) is 2.55. The van der Waals surface area contributed by atoms with Crippen molar-refractivity contribution >= 4 is 23.5 Å². The van der Waals surface area contributed by atoms with Crippen LogP contribution < -0.4 is 5.32 Å². The fourth-order valence-corrected chi connectivity index (χ4v) is 3.70. The highest BCUT2D eigenvalue weighted by molar-refractivity contribution is 5.94. The molecule has 1 N–H and O–H groups in total. The molecule has 0 bridgehead atoms. The fourth-order valence-electron chi connectivity index (χ4n) is 3.70. The van der Waals surface area contributed by atoms with Crippen LogP contribution in [0.4, 0.5) is 5.69 Å². The molecule has 146 valence electrons. The third kappa shape index (κ3) is 4.86. The van der Waals surface area contributed by atoms with Crippen molar-refractivity contribution in [2.75, 3.05) is 38.7 Å². The summed E-state index contributed by atoms with van der Waals surface area (Å²) >= 11 is 0. The van der Waals surface area contributed by atoms with E-state index >= 15 is 0 Å². The van der Waals surface area contributed by atoms with Crippen molar-refractivity contribution in [3.63, 3.8) is 0 Å². The second-order valence-corrected chi connectivity index (χ2v) is 7.04. The maximum atomic E-state index is 12.6. The Hall–Kier alpha value is -2.41. The zero-order valence-electron chi connectivity index (χ0n) is 15.6. The minimum absolute atomic E-state index is 0.0199. The lowest BCUT2D eigenvalue weighted by atomic mass is 9.81. The molecule has 0 spiro atoms. The van der Waals surface area contributed by atoms with Crippen molar-refractivity contribution in [1.82, 2.24) is 4.90 Å². The normalized spacial score (nSPS) is 22.8. The van der Waals surface area contributed by atoms with Gasteiger partial charge in [0.05, 0.1) is 25.9 Å². The number of nitrogens with zero attached hydrogens (tertiary/aromatic N) is 1. The molecule has 7 nitrogen and oxygen atoms in total. The van der Waals surface area contributed by atoms with Crippen molar-refractivity contribution in [1.29, 1.82) is 0 Å². The first-order valence-electron chi connectivity index (χ1n) is 9.44. The topological polar surface area (TPSA) is 84.9 Å². The number of ether oxygens (including phenoxy) is 2. The molecule has 1 saturated heterocycles. The van der Waals surface area contributed by atoms with Crippen LogP contribution in [-0.4, -0.2) is 56.1 Å². The molecular formula is C20H26N2O5. The molecule has 1 aromatic rings. The quantitative estimate of drug-likeness (QED) is 0.816. The number of amides is 2. The number of carbonyl (C=O) groups excluding carboxylic acids is 3. The summed E-state index contributed by atoms with van der Waals surface area (Å²) in [5.41, 5.74) is 1.09. The fraction of sp³-hybridized carbons (Fsp3) is 0.550. The van der Waals surface area contributed by atoms with Gasteiger partial charge in [-0.3, -0.25) is 9.59 Å². The Morgan fingerprint density at radius 3 is 2.19 bits per heavy atom. The first-order chi connectivity index (χ1) is 13.1. The maximum absolute atomic E-state index is 12.6. The summed E-state index contributed by atoms with van der Waals surface area (Å²) in [7, 11) is 1.33. The van der Waals surface area contributed by atoms with Gasteiger partial charge in [0, 0.05) is 30.6 Å². The van der Waals surface area contributed by atoms with E-state index in [-0.39, 0.29) is 23.7 Å². The number of methoxy groups -OCH3 is 1. The van der Waals surface area contributed by atoms with Crippen molar-refractivity contribution in [3.8, 4) is 0 Å². The Morgan fingerprint density at radius 1 is 1.00 bits per heavy atom. The number of benzene rings is 1. The summed E-state index contributed by atoms with van der Waals surface area (Å²) in [6.07, 6.45) is 2.92. The van der Waals surface area contributed by atoms with Gasteiger partial charge in [-0.15, -0.1) is 0 Å². The zero-order chi connectivity index (χ0) is 19.2. The SMILES string of the molecule is COC(=O)c1ccc(NC(=O)C2CCC(C(=O)N3CCOCC3)CC2)cc1. The van der Waals surface area contributed by atoms with Gasteiger partial charge in [0.25, 0.3) is 0 Å². The molecule has 3 rings (SSSR count). The molecule has 0 unspecified atom stereocenters. The number of esters is 1. The van der Waals surface area contributed by atoms with Crippen LogP contribution in [0.15, 0.2) is 24.3 Å². The molecule has 1 aliphatic carbocycles. The Kier molecular flexibility index (Phi) is 6.45. The van der Waals surface area contributed by atoms with Gasteiger partial charge in [-0.1, -0.05) is 0 Å². The number of morpholine rings is 1. The average molecular weight is 374 g/mol. The number of nitrogens with one attached hydrogen (secondary N) is 1. The highest BCUT2D eigenvalue weighted by Crippen LogP contribution is 2.31. The summed E-state index contributed by atoms with van der Waals surface area (Å²) in [5, 5.41) is 2.90. The highest BCUT2D eigenvalue weighted by atomic mass is 16.5. The van der Waals surface area contributed by atoms with E-state index in [0.717, 1.165) is 12.8 Å². The largest absolute Gasteiger partial charge is 0.465 e. The first-order valence-corrected chi connectivity index (χ1v) is 9.44. The molecule has 2 fully saturated rings. The van der Waals surface area contributed by atoms with E-state index in [1.807, 2.05) is 4.90 Å². The Morgan fingerprint density at radius 2 is 1.59 bits per heavy atom. The molecule has 1 aliphatic heterocycles. The molecule has 2 amide bonds. The van der Waals surface area contributed by atoms with Crippen LogP contribution in [0.1, 0.15) is 36.0 Å². The molecule has 0 aromatic heterocycles. The highest BCUT2D eigenvalue weighted by Gasteiger charge is 2.32. The van der Waals surface area contributed by atoms with Crippen LogP contribution in [0.25, 0.3) is 0 Å². The summed E-state index contributed by atoms with van der Waals surface area (Å²) < 4.78 is 9.96. The Bertz CT molecular complexity index is 674. The Labute approximate surface area is 159 Å². The number of anilines is 1. The van der Waals surface area contributed by atoms with Crippen molar-refractivity contribution in [2.45, 2.75) is 25.7 Å². The van der Waals surface area contributed by atoms with Gasteiger partial charge in [0.2, 0.25) is 11.8 Å². The number of hydrogen-bond acceptors (Lipinski definition) is 5. The predicted octanol–water partition coefficient (Wildman–Crippen LogP) is 2.08. The van der Waals surface area contributed by atoms with Crippen molar-refractivity contribution < 1.29 is 23.9 Å². The molecule has 1 aromatic carbocycles. The minimum atomic E-state index is -0.406. The number of hydrogen-bond donors (Lipinski definition) is 1. The lowest BCUT2D eigenvalue weighted by molar-refractivity contribution is -0.141. The molecule has 0 radical (unpaired) electrons. The average Bonchev–Trinajstić information content (AvgIpc) is 2.74. The van der Waals surface area contributed by atoms with E-state index in [1.165, 1.54) is 7.11 Å². The monoisotopic (exact) mass is 374 g/mol. The van der Waals surface area contributed by atoms with E-state index < -0.39 is 5.97 Å². The van der Waals surface area contributed by atoms with E-state index in [1.54, 1.807) is 24.3 Å². The smallest absolute Gasteiger partial charge is 0.337 e. The lowest BCUT2D eigenvalue weighted by Crippen LogP contribution is -2.44. The van der Waals surface area contributed by atoms with E-state index in [0.29, 0.717) is 50.4 Å². The van der Waals surface area contributed by atoms with Gasteiger partial charge in [-0.25, -0.2) is 4.79 Å². The maximum Gasteiger partial charge on any atom is 0.337 e. The summed E-state index contributed by atoms with van der Waals surface area (Å²) in [5.74, 6) is -0.296. The first kappa shape index (κ1) is 19.4. The van der Waals surface area contributed by atoms with Crippen LogP contribution in [0.5, 0.6) is 0 Å². The molecule has 27 heavy (non-hydrogen) atoms. The van der Waals surface area contributed by atoms with Crippen LogP contribution in [0.2, 0.25) is 0 Å². The number of carbonyl (C=O) groups is 3. The zero-order valence-corrected chi connectivity index (χ0v) is 15.6. The van der Waals surface area contributed by atoms with Crippen LogP contribution in [-0.2, 0) is 19.1 Å². The van der Waals surface area contributed by atoms with Crippen LogP contribution >= 0.6 is 0 Å². The van der Waals surface area contributed by atoms with Gasteiger partial charge >= 0.3 is 5.97 Å². The molecule has 1 heterocycles. The standard InChI is InChI=1S/C20H26N2O5/c1-26-20(25)16-6-8-17(9-7-16)21-18(23)14-2-4-15(5-3-14)19(24)22-10-12-27-13-11-22/h6-9,14-15H,2-5,10-13H2,1H3,(H,21,23). The molecular weight excluding hydrogens is 348 g/mol. The predicted molar refractivity (Wildman–Crippen MR) is 99.3 cm³/mol. The molecule has 0 atom stereocenters. The lowest BCUT2D eigenvalue weighted by Gasteiger charge is -2.33. The van der Waals surface area contributed by atoms with E-state index in [4.69, 9.17) is 4.74 Å². The van der Waals surface area contributed by atoms with Gasteiger partial charge in [0.1, 0.15) is 0 Å². The van der Waals surface area contributed by atoms with Crippen LogP contribution in [0, 0.1) is 11.8 Å². The molecule has 1 saturated carbocycles. The molecule has 2 aliphatic rings. The van der Waals surface area contributed by atoms with Gasteiger partial charge < -0.3 is 19.7 Å². The number of rotatable bonds is 4. The van der Waals surface area contributed by atoms with Gasteiger partial charge in [-0.2, -0.15) is 0 Å². The second-order valence-electron chi connectivity index (χ2n) is 7.04. The second kappa shape index (κ2) is 8.99. The third-order valence-electron chi connectivity index (χ3n) is 5.34. The van der Waals surface area contributed by atoms with Crippen LogP contribution in [0.3, 0.4) is 0 Å². The van der Waals surface area contributed by atoms with Crippen molar-refractivity contribution in [2.24, 2.45) is 11.8 Å². The van der Waals surface area contributed by atoms with E-state index in [2.05, 4.69) is 10.1 Å². The third-order valence-corrected chi connectivity index (χ3v) is 5.34. The summed E-state index contributed by atoms with van der Waals surface area (Å²) in [6, 6.07) is 6.63. The minimum Gasteiger partial charge on any atom is -0.465 e. The van der Waals surface area contributed by atoms with E-state index in [9.17, 15) is 14.4 Å².